The molecule has 0 spiro atoms. The number of nitrogens with zero attached hydrogens (tertiary/aromatic N) is 1. The first-order chi connectivity index (χ1) is 12.2. The van der Waals surface area contributed by atoms with Gasteiger partial charge in [0.05, 0.1) is 6.61 Å². The molecule has 2 heterocycles. The average Bonchev–Trinajstić information content (AvgIpc) is 2.62. The van der Waals surface area contributed by atoms with Crippen LogP contribution in [0.2, 0.25) is 0 Å². The van der Waals surface area contributed by atoms with Gasteiger partial charge in [-0.2, -0.15) is 0 Å². The highest BCUT2D eigenvalue weighted by molar-refractivity contribution is 7.80. The van der Waals surface area contributed by atoms with E-state index in [9.17, 15) is 4.79 Å². The van der Waals surface area contributed by atoms with E-state index in [4.69, 9.17) is 26.4 Å². The van der Waals surface area contributed by atoms with Gasteiger partial charge < -0.3 is 29.7 Å². The van der Waals surface area contributed by atoms with Crippen molar-refractivity contribution in [3.63, 3.8) is 0 Å². The number of ether oxygens (including phenoxy) is 3. The highest BCUT2D eigenvalue weighted by atomic mass is 32.1. The molecule has 0 saturated carbocycles. The monoisotopic (exact) mass is 365 g/mol. The maximum atomic E-state index is 11.7. The lowest BCUT2D eigenvalue weighted by molar-refractivity contribution is 0.0964. The van der Waals surface area contributed by atoms with Crippen molar-refractivity contribution in [1.82, 2.24) is 10.2 Å². The summed E-state index contributed by atoms with van der Waals surface area (Å²) in [5, 5.41) is 7.04. The zero-order valence-corrected chi connectivity index (χ0v) is 15.1. The normalized spacial score (nSPS) is 16.9. The van der Waals surface area contributed by atoms with Gasteiger partial charge in [-0.3, -0.25) is 0 Å². The molecular weight excluding hydrogens is 342 g/mol. The number of benzene rings is 1. The Morgan fingerprint density at radius 3 is 2.72 bits per heavy atom. The second-order valence-electron chi connectivity index (χ2n) is 5.92. The Bertz CT molecular complexity index is 632. The Morgan fingerprint density at radius 2 is 2.00 bits per heavy atom. The molecule has 1 aromatic carbocycles. The summed E-state index contributed by atoms with van der Waals surface area (Å²) in [5.41, 5.74) is 0.853. The quantitative estimate of drug-likeness (QED) is 0.797. The Balaban J connectivity index is 1.46. The summed E-state index contributed by atoms with van der Waals surface area (Å²) in [5.74, 6) is 1.48. The fraction of sp³-hybridized carbons (Fsp3) is 0.529. The van der Waals surface area contributed by atoms with Gasteiger partial charge in [-0.1, -0.05) is 0 Å². The van der Waals surface area contributed by atoms with E-state index in [1.54, 1.807) is 4.90 Å². The van der Waals surface area contributed by atoms with E-state index in [-0.39, 0.29) is 12.1 Å². The van der Waals surface area contributed by atoms with E-state index in [1.165, 1.54) is 0 Å². The van der Waals surface area contributed by atoms with Crippen molar-refractivity contribution in [2.75, 3.05) is 38.2 Å². The van der Waals surface area contributed by atoms with Gasteiger partial charge in [0, 0.05) is 30.9 Å². The van der Waals surface area contributed by atoms with Crippen LogP contribution in [-0.2, 0) is 4.74 Å². The van der Waals surface area contributed by atoms with Crippen molar-refractivity contribution in [2.24, 2.45) is 0 Å². The molecule has 7 nitrogen and oxygen atoms in total. The maximum Gasteiger partial charge on any atom is 0.409 e. The molecule has 2 aliphatic rings. The van der Waals surface area contributed by atoms with Crippen LogP contribution in [0.4, 0.5) is 10.5 Å². The number of piperidine rings is 1. The summed E-state index contributed by atoms with van der Waals surface area (Å²) in [7, 11) is 0. The fourth-order valence-electron chi connectivity index (χ4n) is 2.89. The van der Waals surface area contributed by atoms with Crippen LogP contribution in [0.3, 0.4) is 0 Å². The summed E-state index contributed by atoms with van der Waals surface area (Å²) in [6.07, 6.45) is 1.43. The van der Waals surface area contributed by atoms with E-state index in [0.29, 0.717) is 38.0 Å². The number of likely N-dealkylation sites (tertiary alicyclic amines) is 1. The van der Waals surface area contributed by atoms with Crippen LogP contribution < -0.4 is 20.1 Å². The third-order valence-corrected chi connectivity index (χ3v) is 4.38. The highest BCUT2D eigenvalue weighted by Gasteiger charge is 2.24. The molecule has 1 aromatic rings. The van der Waals surface area contributed by atoms with E-state index in [1.807, 2.05) is 25.1 Å². The highest BCUT2D eigenvalue weighted by Crippen LogP contribution is 2.32. The van der Waals surface area contributed by atoms with Crippen LogP contribution in [0.25, 0.3) is 0 Å². The summed E-state index contributed by atoms with van der Waals surface area (Å²) >= 11 is 5.39. The lowest BCUT2D eigenvalue weighted by Gasteiger charge is -2.32. The van der Waals surface area contributed by atoms with Gasteiger partial charge in [0.15, 0.2) is 16.6 Å². The largest absolute Gasteiger partial charge is 0.486 e. The van der Waals surface area contributed by atoms with Crippen LogP contribution >= 0.6 is 12.2 Å². The Kier molecular flexibility index (Phi) is 5.80. The van der Waals surface area contributed by atoms with Crippen molar-refractivity contribution >= 4 is 29.1 Å². The third-order valence-electron chi connectivity index (χ3n) is 4.16. The van der Waals surface area contributed by atoms with Gasteiger partial charge >= 0.3 is 6.09 Å². The van der Waals surface area contributed by atoms with Gasteiger partial charge in [-0.05, 0) is 44.1 Å². The van der Waals surface area contributed by atoms with E-state index in [0.717, 1.165) is 30.0 Å². The predicted octanol–water partition coefficient (Wildman–Crippen LogP) is 2.37. The third kappa shape index (κ3) is 4.66. The predicted molar refractivity (Wildman–Crippen MR) is 98.4 cm³/mol. The van der Waals surface area contributed by atoms with Gasteiger partial charge in [-0.25, -0.2) is 4.79 Å². The number of anilines is 1. The molecule has 0 bridgehead atoms. The van der Waals surface area contributed by atoms with Gasteiger partial charge in [-0.15, -0.1) is 0 Å². The minimum Gasteiger partial charge on any atom is -0.486 e. The maximum absolute atomic E-state index is 11.7. The second kappa shape index (κ2) is 8.24. The van der Waals surface area contributed by atoms with Crippen molar-refractivity contribution in [3.05, 3.63) is 18.2 Å². The van der Waals surface area contributed by atoms with Crippen molar-refractivity contribution in [1.29, 1.82) is 0 Å². The molecule has 1 fully saturated rings. The second-order valence-corrected chi connectivity index (χ2v) is 6.33. The lowest BCUT2D eigenvalue weighted by Crippen LogP contribution is -2.47. The number of carbonyl (C=O) groups excluding carboxylic acids is 1. The van der Waals surface area contributed by atoms with Crippen molar-refractivity contribution in [2.45, 2.75) is 25.8 Å². The summed E-state index contributed by atoms with van der Waals surface area (Å²) in [6.45, 7) is 4.68. The molecule has 1 saturated heterocycles. The number of nitrogens with one attached hydrogen (secondary N) is 2. The first-order valence-electron chi connectivity index (χ1n) is 8.54. The van der Waals surface area contributed by atoms with Crippen LogP contribution in [0, 0.1) is 0 Å². The van der Waals surface area contributed by atoms with E-state index >= 15 is 0 Å². The first kappa shape index (κ1) is 17.6. The molecule has 136 valence electrons. The Hall–Kier alpha value is -2.22. The standard InChI is InChI=1S/C17H23N3O4S/c1-2-22-17(21)20-7-5-12(6-8-20)18-16(25)19-13-3-4-14-15(11-13)24-10-9-23-14/h3-4,11-12H,2,5-10H2,1H3,(H2,18,19,25). The average molecular weight is 365 g/mol. The van der Waals surface area contributed by atoms with E-state index < -0.39 is 0 Å². The van der Waals surface area contributed by atoms with Crippen LogP contribution in [0.15, 0.2) is 18.2 Å². The summed E-state index contributed by atoms with van der Waals surface area (Å²) < 4.78 is 16.1. The number of carbonyl (C=O) groups is 1. The number of hydrogen-bond donors (Lipinski definition) is 2. The SMILES string of the molecule is CCOC(=O)N1CCC(NC(=S)Nc2ccc3c(c2)OCCO3)CC1. The molecule has 0 aromatic heterocycles. The molecule has 1 amide bonds. The molecule has 2 N–H and O–H groups in total. The molecule has 0 atom stereocenters. The number of fused-ring (bicyclic) bond motifs is 1. The number of hydrogen-bond acceptors (Lipinski definition) is 5. The summed E-state index contributed by atoms with van der Waals surface area (Å²) in [4.78, 5) is 13.4. The molecule has 0 radical (unpaired) electrons. The smallest absolute Gasteiger partial charge is 0.409 e. The van der Waals surface area contributed by atoms with Crippen LogP contribution in [-0.4, -0.2) is 55.1 Å². The number of amides is 1. The molecule has 25 heavy (non-hydrogen) atoms. The number of rotatable bonds is 3. The van der Waals surface area contributed by atoms with Crippen LogP contribution in [0.1, 0.15) is 19.8 Å². The topological polar surface area (TPSA) is 72.1 Å². The fourth-order valence-corrected chi connectivity index (χ4v) is 3.18. The number of thiocarbonyl (C=S) groups is 1. The van der Waals surface area contributed by atoms with Crippen molar-refractivity contribution in [3.8, 4) is 11.5 Å². The van der Waals surface area contributed by atoms with Gasteiger partial charge in [0.25, 0.3) is 0 Å². The molecule has 8 heteroatoms. The minimum absolute atomic E-state index is 0.238. The zero-order chi connectivity index (χ0) is 17.6. The Labute approximate surface area is 152 Å². The van der Waals surface area contributed by atoms with Crippen molar-refractivity contribution < 1.29 is 19.0 Å². The van der Waals surface area contributed by atoms with Gasteiger partial charge in [0.2, 0.25) is 0 Å². The lowest BCUT2D eigenvalue weighted by atomic mass is 10.1. The molecule has 2 aliphatic heterocycles. The molecular formula is C17H23N3O4S. The molecule has 3 rings (SSSR count). The first-order valence-corrected chi connectivity index (χ1v) is 8.95. The minimum atomic E-state index is -0.238. The summed E-state index contributed by atoms with van der Waals surface area (Å²) in [6, 6.07) is 5.90. The van der Waals surface area contributed by atoms with E-state index in [2.05, 4.69) is 10.6 Å². The Morgan fingerprint density at radius 1 is 1.28 bits per heavy atom. The zero-order valence-electron chi connectivity index (χ0n) is 14.2. The van der Waals surface area contributed by atoms with Crippen LogP contribution in [0.5, 0.6) is 11.5 Å². The molecule has 0 unspecified atom stereocenters. The van der Waals surface area contributed by atoms with Gasteiger partial charge in [0.1, 0.15) is 13.2 Å². The molecule has 0 aliphatic carbocycles.